The van der Waals surface area contributed by atoms with Gasteiger partial charge < -0.3 is 10.4 Å². The minimum absolute atomic E-state index is 0.0681. The third kappa shape index (κ3) is 2.90. The summed E-state index contributed by atoms with van der Waals surface area (Å²) >= 11 is 0. The molecular weight excluding hydrogens is 275 g/mol. The van der Waals surface area contributed by atoms with Crippen LogP contribution < -0.4 is 5.32 Å². The van der Waals surface area contributed by atoms with Crippen molar-refractivity contribution in [3.8, 4) is 0 Å². The highest BCUT2D eigenvalue weighted by molar-refractivity contribution is 5.95. The van der Waals surface area contributed by atoms with Gasteiger partial charge in [-0.15, -0.1) is 0 Å². The third-order valence-corrected chi connectivity index (χ3v) is 2.56. The Morgan fingerprint density at radius 1 is 1.40 bits per heavy atom. The van der Waals surface area contributed by atoms with E-state index in [0.29, 0.717) is 11.8 Å². The van der Waals surface area contributed by atoms with E-state index >= 15 is 0 Å². The summed E-state index contributed by atoms with van der Waals surface area (Å²) in [5.41, 5.74) is -0.913. The predicted molar refractivity (Wildman–Crippen MR) is 64.9 cm³/mol. The molecule has 0 bridgehead atoms. The van der Waals surface area contributed by atoms with Crippen molar-refractivity contribution in [2.24, 2.45) is 7.05 Å². The van der Waals surface area contributed by atoms with Gasteiger partial charge in [-0.05, 0) is 18.2 Å². The van der Waals surface area contributed by atoms with Crippen molar-refractivity contribution in [3.63, 3.8) is 0 Å². The molecule has 2 N–H and O–H groups in total. The van der Waals surface area contributed by atoms with E-state index in [1.165, 1.54) is 10.9 Å². The molecule has 5 nitrogen and oxygen atoms in total. The Labute approximate surface area is 111 Å². The topological polar surface area (TPSA) is 67.2 Å². The number of anilines is 2. The van der Waals surface area contributed by atoms with Crippen molar-refractivity contribution in [1.82, 2.24) is 9.78 Å². The molecule has 2 aromatic rings. The Kier molecular flexibility index (Phi) is 3.39. The highest BCUT2D eigenvalue weighted by Gasteiger charge is 2.31. The van der Waals surface area contributed by atoms with Gasteiger partial charge in [0.1, 0.15) is 0 Å². The van der Waals surface area contributed by atoms with E-state index < -0.39 is 23.3 Å². The van der Waals surface area contributed by atoms with E-state index in [0.717, 1.165) is 12.1 Å². The fourth-order valence-electron chi connectivity index (χ4n) is 1.65. The van der Waals surface area contributed by atoms with Gasteiger partial charge in [0.25, 0.3) is 0 Å². The van der Waals surface area contributed by atoms with E-state index in [4.69, 9.17) is 5.11 Å². The van der Waals surface area contributed by atoms with Crippen molar-refractivity contribution in [1.29, 1.82) is 0 Å². The van der Waals surface area contributed by atoms with Crippen LogP contribution in [-0.4, -0.2) is 20.9 Å². The van der Waals surface area contributed by atoms with Crippen molar-refractivity contribution in [2.75, 3.05) is 5.32 Å². The zero-order chi connectivity index (χ0) is 14.9. The third-order valence-electron chi connectivity index (χ3n) is 2.56. The minimum atomic E-state index is -4.59. The van der Waals surface area contributed by atoms with Gasteiger partial charge in [-0.25, -0.2) is 4.79 Å². The number of nitrogens with one attached hydrogen (secondary N) is 1. The molecule has 0 aliphatic rings. The van der Waals surface area contributed by atoms with E-state index in [2.05, 4.69) is 10.4 Å². The molecule has 0 fully saturated rings. The molecule has 0 aliphatic heterocycles. The van der Waals surface area contributed by atoms with Crippen LogP contribution in [-0.2, 0) is 13.2 Å². The Morgan fingerprint density at radius 3 is 2.60 bits per heavy atom. The molecule has 0 amide bonds. The summed E-state index contributed by atoms with van der Waals surface area (Å²) in [4.78, 5) is 11.1. The molecule has 8 heteroatoms. The normalized spacial score (nSPS) is 11.4. The average molecular weight is 285 g/mol. The SMILES string of the molecule is Cn1cc(Nc2ccc(C(F)(F)F)cc2C(=O)O)cn1. The number of aromatic carboxylic acids is 1. The van der Waals surface area contributed by atoms with E-state index in [1.807, 2.05) is 0 Å². The lowest BCUT2D eigenvalue weighted by atomic mass is 10.1. The number of carbonyl (C=O) groups is 1. The fraction of sp³-hybridized carbons (Fsp3) is 0.167. The first-order valence-electron chi connectivity index (χ1n) is 5.47. The predicted octanol–water partition coefficient (Wildman–Crippen LogP) is 2.88. The summed E-state index contributed by atoms with van der Waals surface area (Å²) in [5.74, 6) is -1.44. The highest BCUT2D eigenvalue weighted by atomic mass is 19.4. The number of alkyl halides is 3. The summed E-state index contributed by atoms with van der Waals surface area (Å²) in [6.07, 6.45) is -1.58. The number of hydrogen-bond donors (Lipinski definition) is 2. The number of hydrogen-bond acceptors (Lipinski definition) is 3. The minimum Gasteiger partial charge on any atom is -0.478 e. The van der Waals surface area contributed by atoms with E-state index in [1.54, 1.807) is 13.2 Å². The lowest BCUT2D eigenvalue weighted by Gasteiger charge is -2.11. The molecule has 0 unspecified atom stereocenters. The van der Waals surface area contributed by atoms with Crippen LogP contribution in [0, 0.1) is 0 Å². The van der Waals surface area contributed by atoms with Crippen molar-refractivity contribution < 1.29 is 23.1 Å². The van der Waals surface area contributed by atoms with Crippen LogP contribution in [0.2, 0.25) is 0 Å². The Hall–Kier alpha value is -2.51. The Balaban J connectivity index is 2.40. The van der Waals surface area contributed by atoms with Gasteiger partial charge in [0.2, 0.25) is 0 Å². The fourth-order valence-corrected chi connectivity index (χ4v) is 1.65. The zero-order valence-electron chi connectivity index (χ0n) is 10.3. The molecular formula is C12H10F3N3O2. The monoisotopic (exact) mass is 285 g/mol. The van der Waals surface area contributed by atoms with Crippen molar-refractivity contribution >= 4 is 17.3 Å². The second-order valence-corrected chi connectivity index (χ2v) is 4.09. The molecule has 106 valence electrons. The number of rotatable bonds is 3. The van der Waals surface area contributed by atoms with Crippen LogP contribution in [0.1, 0.15) is 15.9 Å². The molecule has 0 saturated heterocycles. The lowest BCUT2D eigenvalue weighted by molar-refractivity contribution is -0.137. The maximum Gasteiger partial charge on any atom is 0.416 e. The van der Waals surface area contributed by atoms with E-state index in [-0.39, 0.29) is 5.69 Å². The van der Waals surface area contributed by atoms with Gasteiger partial charge in [-0.1, -0.05) is 0 Å². The number of carboxylic acid groups (broad SMARTS) is 1. The number of aromatic nitrogens is 2. The molecule has 1 aromatic heterocycles. The van der Waals surface area contributed by atoms with Gasteiger partial charge in [0.15, 0.2) is 0 Å². The van der Waals surface area contributed by atoms with Crippen LogP contribution in [0.3, 0.4) is 0 Å². The molecule has 1 heterocycles. The molecule has 1 aromatic carbocycles. The molecule has 20 heavy (non-hydrogen) atoms. The van der Waals surface area contributed by atoms with Crippen molar-refractivity contribution in [3.05, 3.63) is 41.7 Å². The average Bonchev–Trinajstić information content (AvgIpc) is 2.73. The van der Waals surface area contributed by atoms with Crippen LogP contribution in [0.25, 0.3) is 0 Å². The molecule has 0 radical (unpaired) electrons. The van der Waals surface area contributed by atoms with Crippen LogP contribution in [0.4, 0.5) is 24.5 Å². The largest absolute Gasteiger partial charge is 0.478 e. The summed E-state index contributed by atoms with van der Waals surface area (Å²) < 4.78 is 39.2. The van der Waals surface area contributed by atoms with Crippen molar-refractivity contribution in [2.45, 2.75) is 6.18 Å². The van der Waals surface area contributed by atoms with Gasteiger partial charge in [-0.2, -0.15) is 18.3 Å². The second-order valence-electron chi connectivity index (χ2n) is 4.09. The number of nitrogens with zero attached hydrogens (tertiary/aromatic N) is 2. The number of benzene rings is 1. The van der Waals surface area contributed by atoms with Gasteiger partial charge in [-0.3, -0.25) is 4.68 Å². The highest BCUT2D eigenvalue weighted by Crippen LogP contribution is 2.32. The quantitative estimate of drug-likeness (QED) is 0.910. The lowest BCUT2D eigenvalue weighted by Crippen LogP contribution is -2.09. The van der Waals surface area contributed by atoms with Gasteiger partial charge >= 0.3 is 12.1 Å². The smallest absolute Gasteiger partial charge is 0.416 e. The van der Waals surface area contributed by atoms with E-state index in [9.17, 15) is 18.0 Å². The number of halogens is 3. The first-order chi connectivity index (χ1) is 9.27. The maximum absolute atomic E-state index is 12.6. The molecule has 2 rings (SSSR count). The first kappa shape index (κ1) is 13.9. The summed E-state index contributed by atoms with van der Waals surface area (Å²) in [6, 6.07) is 2.51. The zero-order valence-corrected chi connectivity index (χ0v) is 10.3. The maximum atomic E-state index is 12.6. The molecule has 0 spiro atoms. The first-order valence-corrected chi connectivity index (χ1v) is 5.47. The number of carboxylic acids is 1. The molecule has 0 atom stereocenters. The number of aryl methyl sites for hydroxylation is 1. The summed E-state index contributed by atoms with van der Waals surface area (Å²) in [7, 11) is 1.66. The Bertz CT molecular complexity index is 650. The van der Waals surface area contributed by atoms with Gasteiger partial charge in [0.05, 0.1) is 28.7 Å². The summed E-state index contributed by atoms with van der Waals surface area (Å²) in [5, 5.41) is 15.6. The van der Waals surface area contributed by atoms with Crippen LogP contribution in [0.15, 0.2) is 30.6 Å². The van der Waals surface area contributed by atoms with Crippen LogP contribution >= 0.6 is 0 Å². The van der Waals surface area contributed by atoms with Gasteiger partial charge in [0, 0.05) is 13.2 Å². The molecule has 0 aliphatic carbocycles. The second kappa shape index (κ2) is 4.87. The Morgan fingerprint density at radius 2 is 2.10 bits per heavy atom. The van der Waals surface area contributed by atoms with Crippen LogP contribution in [0.5, 0.6) is 0 Å². The summed E-state index contributed by atoms with van der Waals surface area (Å²) in [6.45, 7) is 0. The molecule has 0 saturated carbocycles. The standard InChI is InChI=1S/C12H10F3N3O2/c1-18-6-8(5-16-18)17-10-3-2-7(12(13,14)15)4-9(10)11(19)20/h2-6,17H,1H3,(H,19,20).